The number of benzene rings is 1. The third kappa shape index (κ3) is 2.26. The van der Waals surface area contributed by atoms with Crippen LogP contribution in [0.25, 0.3) is 10.9 Å². The number of aryl methyl sites for hydroxylation is 1. The van der Waals surface area contributed by atoms with Crippen LogP contribution in [0.3, 0.4) is 0 Å². The van der Waals surface area contributed by atoms with E-state index >= 15 is 0 Å². The molecule has 5 heteroatoms. The van der Waals surface area contributed by atoms with E-state index < -0.39 is 5.91 Å². The molecule has 2 N–H and O–H groups in total. The van der Waals surface area contributed by atoms with Crippen LogP contribution in [0, 0.1) is 6.92 Å². The van der Waals surface area contributed by atoms with Crippen LogP contribution in [0.5, 0.6) is 5.75 Å². The summed E-state index contributed by atoms with van der Waals surface area (Å²) in [5.74, 6) is 0.113. The Bertz CT molecular complexity index is 596. The van der Waals surface area contributed by atoms with Gasteiger partial charge in [0.15, 0.2) is 0 Å². The van der Waals surface area contributed by atoms with E-state index in [0.29, 0.717) is 34.5 Å². The monoisotopic (exact) mass is 246 g/mol. The van der Waals surface area contributed by atoms with Crippen molar-refractivity contribution in [3.63, 3.8) is 0 Å². The number of aromatic nitrogens is 1. The molecule has 0 spiro atoms. The van der Waals surface area contributed by atoms with Gasteiger partial charge in [-0.15, -0.1) is 0 Å². The van der Waals surface area contributed by atoms with Crippen LogP contribution in [0.15, 0.2) is 24.3 Å². The van der Waals surface area contributed by atoms with E-state index in [2.05, 4.69) is 4.98 Å². The van der Waals surface area contributed by atoms with Crippen molar-refractivity contribution in [2.45, 2.75) is 13.8 Å². The molecule has 0 aliphatic rings. The zero-order chi connectivity index (χ0) is 13.1. The van der Waals surface area contributed by atoms with Gasteiger partial charge in [0.25, 0.3) is 5.91 Å². The zero-order valence-electron chi connectivity index (χ0n) is 10.2. The van der Waals surface area contributed by atoms with E-state index in [-0.39, 0.29) is 0 Å². The minimum absolute atomic E-state index is 0.376. The number of ether oxygens (including phenoxy) is 1. The Morgan fingerprint density at radius 3 is 2.89 bits per heavy atom. The predicted molar refractivity (Wildman–Crippen MR) is 66.9 cm³/mol. The van der Waals surface area contributed by atoms with Gasteiger partial charge in [0, 0.05) is 11.1 Å². The van der Waals surface area contributed by atoms with Crippen molar-refractivity contribution < 1.29 is 14.7 Å². The maximum absolute atomic E-state index is 11.6. The lowest BCUT2D eigenvalue weighted by molar-refractivity contribution is 0.0708. The summed E-state index contributed by atoms with van der Waals surface area (Å²) in [6.45, 7) is 4.23. The van der Waals surface area contributed by atoms with E-state index in [9.17, 15) is 4.79 Å². The predicted octanol–water partition coefficient (Wildman–Crippen LogP) is 2.06. The highest BCUT2D eigenvalue weighted by Crippen LogP contribution is 2.23. The molecule has 0 bridgehead atoms. The second kappa shape index (κ2) is 5.01. The molecule has 0 aliphatic heterocycles. The molecule has 0 saturated heterocycles. The Kier molecular flexibility index (Phi) is 3.43. The highest BCUT2D eigenvalue weighted by atomic mass is 16.5. The normalized spacial score (nSPS) is 10.4. The van der Waals surface area contributed by atoms with Gasteiger partial charge in [-0.1, -0.05) is 0 Å². The molecule has 0 radical (unpaired) electrons. The Labute approximate surface area is 104 Å². The van der Waals surface area contributed by atoms with Gasteiger partial charge in [0.2, 0.25) is 0 Å². The molecule has 1 heterocycles. The van der Waals surface area contributed by atoms with Gasteiger partial charge in [-0.05, 0) is 38.1 Å². The van der Waals surface area contributed by atoms with Gasteiger partial charge in [-0.3, -0.25) is 15.0 Å². The number of hydrogen-bond donors (Lipinski definition) is 2. The van der Waals surface area contributed by atoms with E-state index in [1.807, 2.05) is 6.92 Å². The average Bonchev–Trinajstić information content (AvgIpc) is 2.37. The Morgan fingerprint density at radius 1 is 1.44 bits per heavy atom. The lowest BCUT2D eigenvalue weighted by atomic mass is 10.1. The number of pyridine rings is 1. The average molecular weight is 246 g/mol. The molecule has 1 aromatic heterocycles. The van der Waals surface area contributed by atoms with Crippen molar-refractivity contribution in [2.24, 2.45) is 0 Å². The van der Waals surface area contributed by atoms with Crippen LogP contribution in [0.4, 0.5) is 0 Å². The molecule has 0 atom stereocenters. The SMILES string of the molecule is CCOc1ccc2nc(C)cc(C(=O)NO)c2c1. The van der Waals surface area contributed by atoms with Gasteiger partial charge >= 0.3 is 0 Å². The molecule has 0 saturated carbocycles. The number of hydrogen-bond acceptors (Lipinski definition) is 4. The molecule has 94 valence electrons. The van der Waals surface area contributed by atoms with Crippen LogP contribution < -0.4 is 10.2 Å². The molecule has 18 heavy (non-hydrogen) atoms. The van der Waals surface area contributed by atoms with Gasteiger partial charge in [0.1, 0.15) is 5.75 Å². The van der Waals surface area contributed by atoms with Crippen molar-refractivity contribution in [2.75, 3.05) is 6.61 Å². The van der Waals surface area contributed by atoms with Crippen molar-refractivity contribution in [3.05, 3.63) is 35.5 Å². The molecular formula is C13H14N2O3. The highest BCUT2D eigenvalue weighted by molar-refractivity contribution is 6.06. The van der Waals surface area contributed by atoms with Gasteiger partial charge in [0.05, 0.1) is 17.7 Å². The van der Waals surface area contributed by atoms with E-state index in [1.54, 1.807) is 36.7 Å². The molecule has 1 amide bonds. The number of rotatable bonds is 3. The third-order valence-corrected chi connectivity index (χ3v) is 2.57. The highest BCUT2D eigenvalue weighted by Gasteiger charge is 2.12. The van der Waals surface area contributed by atoms with E-state index in [0.717, 1.165) is 0 Å². The molecular weight excluding hydrogens is 232 g/mol. The van der Waals surface area contributed by atoms with Crippen molar-refractivity contribution >= 4 is 16.8 Å². The first-order valence-corrected chi connectivity index (χ1v) is 5.64. The van der Waals surface area contributed by atoms with Crippen LogP contribution in [0.1, 0.15) is 23.0 Å². The summed E-state index contributed by atoms with van der Waals surface area (Å²) in [5, 5.41) is 9.41. The van der Waals surface area contributed by atoms with Crippen LogP contribution in [-0.2, 0) is 0 Å². The third-order valence-electron chi connectivity index (χ3n) is 2.57. The summed E-state index contributed by atoms with van der Waals surface area (Å²) >= 11 is 0. The first-order valence-electron chi connectivity index (χ1n) is 5.64. The number of nitrogens with one attached hydrogen (secondary N) is 1. The fourth-order valence-corrected chi connectivity index (χ4v) is 1.84. The minimum atomic E-state index is -0.556. The van der Waals surface area contributed by atoms with Gasteiger partial charge in [-0.25, -0.2) is 5.48 Å². The zero-order valence-corrected chi connectivity index (χ0v) is 10.2. The Balaban J connectivity index is 2.66. The summed E-state index contributed by atoms with van der Waals surface area (Å²) in [5.41, 5.74) is 3.43. The summed E-state index contributed by atoms with van der Waals surface area (Å²) in [7, 11) is 0. The summed E-state index contributed by atoms with van der Waals surface area (Å²) < 4.78 is 5.39. The number of hydroxylamine groups is 1. The van der Waals surface area contributed by atoms with Crippen LogP contribution >= 0.6 is 0 Å². The van der Waals surface area contributed by atoms with Gasteiger partial charge in [-0.2, -0.15) is 0 Å². The molecule has 0 fully saturated rings. The first kappa shape index (κ1) is 12.3. The first-order chi connectivity index (χ1) is 8.65. The second-order valence-corrected chi connectivity index (χ2v) is 3.86. The molecule has 5 nitrogen and oxygen atoms in total. The molecule has 2 rings (SSSR count). The molecule has 2 aromatic rings. The maximum Gasteiger partial charge on any atom is 0.275 e. The van der Waals surface area contributed by atoms with Crippen molar-refractivity contribution in [1.29, 1.82) is 0 Å². The van der Waals surface area contributed by atoms with E-state index in [1.165, 1.54) is 0 Å². The molecule has 0 aliphatic carbocycles. The Hall–Kier alpha value is -2.14. The topological polar surface area (TPSA) is 71.5 Å². The minimum Gasteiger partial charge on any atom is -0.494 e. The molecule has 1 aromatic carbocycles. The quantitative estimate of drug-likeness (QED) is 0.642. The summed E-state index contributed by atoms with van der Waals surface area (Å²) in [6.07, 6.45) is 0. The molecule has 0 unspecified atom stereocenters. The van der Waals surface area contributed by atoms with Crippen LogP contribution in [-0.4, -0.2) is 22.7 Å². The largest absolute Gasteiger partial charge is 0.494 e. The Morgan fingerprint density at radius 2 is 2.22 bits per heavy atom. The number of nitrogens with zero attached hydrogens (tertiary/aromatic N) is 1. The lowest BCUT2D eigenvalue weighted by Gasteiger charge is -2.08. The second-order valence-electron chi connectivity index (χ2n) is 3.86. The smallest absolute Gasteiger partial charge is 0.275 e. The number of fused-ring (bicyclic) bond motifs is 1. The number of carbonyl (C=O) groups is 1. The van der Waals surface area contributed by atoms with E-state index in [4.69, 9.17) is 9.94 Å². The number of carbonyl (C=O) groups excluding carboxylic acids is 1. The number of amides is 1. The fourth-order valence-electron chi connectivity index (χ4n) is 1.84. The maximum atomic E-state index is 11.6. The van der Waals surface area contributed by atoms with Gasteiger partial charge < -0.3 is 4.74 Å². The lowest BCUT2D eigenvalue weighted by Crippen LogP contribution is -2.19. The fraction of sp³-hybridized carbons (Fsp3) is 0.231. The van der Waals surface area contributed by atoms with Crippen LogP contribution in [0.2, 0.25) is 0 Å². The summed E-state index contributed by atoms with van der Waals surface area (Å²) in [6, 6.07) is 6.97. The van der Waals surface area contributed by atoms with Crippen molar-refractivity contribution in [1.82, 2.24) is 10.5 Å². The standard InChI is InChI=1S/C13H14N2O3/c1-3-18-9-4-5-12-10(7-9)11(13(16)15-17)6-8(2)14-12/h4-7,17H,3H2,1-2H3,(H,15,16). The van der Waals surface area contributed by atoms with Crippen molar-refractivity contribution in [3.8, 4) is 5.75 Å². The summed E-state index contributed by atoms with van der Waals surface area (Å²) in [4.78, 5) is 16.0.